The largest absolute Gasteiger partial charge is 0.382 e. The van der Waals surface area contributed by atoms with Gasteiger partial charge in [-0.2, -0.15) is 0 Å². The highest BCUT2D eigenvalue weighted by atomic mass is 35.5. The highest BCUT2D eigenvalue weighted by molar-refractivity contribution is 6.76. The summed E-state index contributed by atoms with van der Waals surface area (Å²) in [5.41, 5.74) is 1.88. The predicted octanol–water partition coefficient (Wildman–Crippen LogP) is 4.82. The molecule has 0 atom stereocenters. The third kappa shape index (κ3) is 4.73. The Morgan fingerprint density at radius 1 is 1.36 bits per heavy atom. The van der Waals surface area contributed by atoms with Crippen molar-refractivity contribution in [3.05, 3.63) is 23.5 Å². The van der Waals surface area contributed by atoms with E-state index < -0.39 is 8.07 Å². The Hall–Kier alpha value is -1.04. The van der Waals surface area contributed by atoms with Gasteiger partial charge in [-0.3, -0.25) is 0 Å². The molecule has 2 aromatic rings. The van der Waals surface area contributed by atoms with Crippen molar-refractivity contribution in [3.8, 4) is 0 Å². The molecular formula is C16H26ClN3OSi. The number of anilines is 1. The van der Waals surface area contributed by atoms with Crippen molar-refractivity contribution < 1.29 is 4.74 Å². The lowest BCUT2D eigenvalue weighted by Crippen LogP contribution is -2.22. The van der Waals surface area contributed by atoms with Crippen LogP contribution in [0.15, 0.2) is 18.3 Å². The molecule has 0 bridgehead atoms. The van der Waals surface area contributed by atoms with Crippen molar-refractivity contribution in [2.75, 3.05) is 11.9 Å². The van der Waals surface area contributed by atoms with E-state index in [1.165, 1.54) is 6.04 Å². The number of ether oxygens (including phenoxy) is 1. The molecule has 0 aliphatic carbocycles. The number of fused-ring (bicyclic) bond motifs is 1. The van der Waals surface area contributed by atoms with E-state index in [9.17, 15) is 0 Å². The summed E-state index contributed by atoms with van der Waals surface area (Å²) >= 11 is 6.16. The minimum Gasteiger partial charge on any atom is -0.382 e. The highest BCUT2D eigenvalue weighted by Crippen LogP contribution is 2.27. The molecule has 0 unspecified atom stereocenters. The molecule has 2 heterocycles. The Balaban J connectivity index is 2.13. The lowest BCUT2D eigenvalue weighted by Gasteiger charge is -2.16. The number of rotatable bonds is 7. The Kier molecular flexibility index (Phi) is 5.53. The summed E-state index contributed by atoms with van der Waals surface area (Å²) in [5.74, 6) is 0. The SMILES string of the molecule is CC(C)Nc1cc(Cl)nc2c1ccn2COCC[Si](C)(C)C. The van der Waals surface area contributed by atoms with E-state index in [0.717, 1.165) is 23.3 Å². The van der Waals surface area contributed by atoms with Crippen molar-refractivity contribution in [1.82, 2.24) is 9.55 Å². The fourth-order valence-electron chi connectivity index (χ4n) is 2.21. The van der Waals surface area contributed by atoms with Crippen LogP contribution in [-0.2, 0) is 11.5 Å². The molecule has 0 amide bonds. The van der Waals surface area contributed by atoms with Gasteiger partial charge in [-0.1, -0.05) is 31.2 Å². The second-order valence-electron chi connectivity index (χ2n) is 7.16. The van der Waals surface area contributed by atoms with Crippen LogP contribution in [0.5, 0.6) is 0 Å². The van der Waals surface area contributed by atoms with Crippen molar-refractivity contribution >= 4 is 36.4 Å². The zero-order valence-electron chi connectivity index (χ0n) is 14.1. The fourth-order valence-corrected chi connectivity index (χ4v) is 3.15. The van der Waals surface area contributed by atoms with E-state index in [1.807, 2.05) is 16.8 Å². The van der Waals surface area contributed by atoms with E-state index in [1.54, 1.807) is 0 Å². The van der Waals surface area contributed by atoms with Crippen LogP contribution in [0.4, 0.5) is 5.69 Å². The first-order valence-corrected chi connectivity index (χ1v) is 11.8. The van der Waals surface area contributed by atoms with Crippen molar-refractivity contribution in [2.45, 2.75) is 52.3 Å². The molecule has 4 nitrogen and oxygen atoms in total. The number of aromatic nitrogens is 2. The maximum absolute atomic E-state index is 6.16. The van der Waals surface area contributed by atoms with Crippen LogP contribution in [0.2, 0.25) is 30.8 Å². The molecule has 2 aromatic heterocycles. The van der Waals surface area contributed by atoms with Crippen molar-refractivity contribution in [1.29, 1.82) is 0 Å². The number of halogens is 1. The quantitative estimate of drug-likeness (QED) is 0.446. The average molecular weight is 340 g/mol. The first-order valence-electron chi connectivity index (χ1n) is 7.76. The van der Waals surface area contributed by atoms with Gasteiger partial charge in [0.25, 0.3) is 0 Å². The van der Waals surface area contributed by atoms with Gasteiger partial charge in [-0.05, 0) is 32.0 Å². The Morgan fingerprint density at radius 2 is 2.09 bits per heavy atom. The molecule has 0 saturated carbocycles. The Bertz CT molecular complexity index is 634. The summed E-state index contributed by atoms with van der Waals surface area (Å²) in [4.78, 5) is 4.45. The molecule has 0 fully saturated rings. The molecular weight excluding hydrogens is 314 g/mol. The Morgan fingerprint density at radius 3 is 2.73 bits per heavy atom. The molecule has 0 saturated heterocycles. The van der Waals surface area contributed by atoms with Gasteiger partial charge in [0.05, 0.1) is 0 Å². The van der Waals surface area contributed by atoms with Crippen LogP contribution in [0.3, 0.4) is 0 Å². The van der Waals surface area contributed by atoms with E-state index in [0.29, 0.717) is 17.9 Å². The number of hydrogen-bond acceptors (Lipinski definition) is 3. The van der Waals surface area contributed by atoms with Crippen LogP contribution in [0, 0.1) is 0 Å². The summed E-state index contributed by atoms with van der Waals surface area (Å²) in [6, 6.07) is 5.45. The number of hydrogen-bond donors (Lipinski definition) is 1. The van der Waals surface area contributed by atoms with Crippen LogP contribution >= 0.6 is 11.6 Å². The minimum absolute atomic E-state index is 0.345. The molecule has 2 rings (SSSR count). The van der Waals surface area contributed by atoms with Gasteiger partial charge in [0.15, 0.2) is 0 Å². The average Bonchev–Trinajstić information content (AvgIpc) is 2.76. The van der Waals surface area contributed by atoms with Gasteiger partial charge in [0.1, 0.15) is 17.5 Å². The van der Waals surface area contributed by atoms with Gasteiger partial charge in [-0.25, -0.2) is 4.98 Å². The van der Waals surface area contributed by atoms with Gasteiger partial charge >= 0.3 is 0 Å². The second-order valence-corrected chi connectivity index (χ2v) is 13.2. The fraction of sp³-hybridized carbons (Fsp3) is 0.562. The second kappa shape index (κ2) is 7.02. The number of nitrogens with one attached hydrogen (secondary N) is 1. The molecule has 0 radical (unpaired) electrons. The molecule has 1 N–H and O–H groups in total. The maximum Gasteiger partial charge on any atom is 0.145 e. The van der Waals surface area contributed by atoms with Crippen LogP contribution in [0.25, 0.3) is 11.0 Å². The third-order valence-electron chi connectivity index (χ3n) is 3.37. The van der Waals surface area contributed by atoms with Gasteiger partial charge in [0.2, 0.25) is 0 Å². The molecule has 0 spiro atoms. The summed E-state index contributed by atoms with van der Waals surface area (Å²) in [6.07, 6.45) is 2.01. The summed E-state index contributed by atoms with van der Waals surface area (Å²) in [7, 11) is -1.05. The maximum atomic E-state index is 6.16. The molecule has 22 heavy (non-hydrogen) atoms. The first kappa shape index (κ1) is 17.3. The first-order chi connectivity index (χ1) is 10.3. The molecule has 0 aliphatic heterocycles. The summed E-state index contributed by atoms with van der Waals surface area (Å²) in [6.45, 7) is 12.6. The van der Waals surface area contributed by atoms with Gasteiger partial charge in [0, 0.05) is 38.0 Å². The normalized spacial score (nSPS) is 12.3. The highest BCUT2D eigenvalue weighted by Gasteiger charge is 2.13. The zero-order valence-corrected chi connectivity index (χ0v) is 15.9. The van der Waals surface area contributed by atoms with E-state index in [4.69, 9.17) is 16.3 Å². The van der Waals surface area contributed by atoms with Gasteiger partial charge < -0.3 is 14.6 Å². The molecule has 6 heteroatoms. The number of nitrogens with zero attached hydrogens (tertiary/aromatic N) is 2. The molecule has 122 valence electrons. The minimum atomic E-state index is -1.05. The smallest absolute Gasteiger partial charge is 0.145 e. The van der Waals surface area contributed by atoms with Crippen molar-refractivity contribution in [3.63, 3.8) is 0 Å². The van der Waals surface area contributed by atoms with Crippen molar-refractivity contribution in [2.24, 2.45) is 0 Å². The van der Waals surface area contributed by atoms with Gasteiger partial charge in [-0.15, -0.1) is 0 Å². The predicted molar refractivity (Wildman–Crippen MR) is 97.6 cm³/mol. The van der Waals surface area contributed by atoms with Crippen LogP contribution < -0.4 is 5.32 Å². The Labute approximate surface area is 138 Å². The molecule has 0 aromatic carbocycles. The topological polar surface area (TPSA) is 39.1 Å². The lowest BCUT2D eigenvalue weighted by molar-refractivity contribution is 0.0899. The standard InChI is InChI=1S/C16H26ClN3OSi/c1-12(2)18-14-10-15(17)19-16-13(14)6-7-20(16)11-21-8-9-22(3,4)5/h6-7,10,12H,8-9,11H2,1-5H3,(H,18,19). The lowest BCUT2D eigenvalue weighted by atomic mass is 10.2. The summed E-state index contributed by atoms with van der Waals surface area (Å²) in [5, 5.41) is 4.99. The van der Waals surface area contributed by atoms with E-state index in [2.05, 4.69) is 49.9 Å². The van der Waals surface area contributed by atoms with Crippen LogP contribution in [0.1, 0.15) is 13.8 Å². The zero-order chi connectivity index (χ0) is 16.3. The monoisotopic (exact) mass is 339 g/mol. The van der Waals surface area contributed by atoms with E-state index >= 15 is 0 Å². The molecule has 0 aliphatic rings. The summed E-state index contributed by atoms with van der Waals surface area (Å²) < 4.78 is 7.83. The third-order valence-corrected chi connectivity index (χ3v) is 5.27. The van der Waals surface area contributed by atoms with Crippen LogP contribution in [-0.4, -0.2) is 30.3 Å². The van der Waals surface area contributed by atoms with E-state index in [-0.39, 0.29) is 0 Å². The number of pyridine rings is 1.